The first-order chi connectivity index (χ1) is 16.2. The second-order valence-corrected chi connectivity index (χ2v) is 9.60. The van der Waals surface area contributed by atoms with Crippen LogP contribution in [-0.4, -0.2) is 53.1 Å². The summed E-state index contributed by atoms with van der Waals surface area (Å²) in [5.41, 5.74) is 2.91. The molecule has 3 aromatic rings. The number of rotatable bonds is 6. The third-order valence-electron chi connectivity index (χ3n) is 6.55. The van der Waals surface area contributed by atoms with Crippen LogP contribution in [0.15, 0.2) is 59.4 Å². The third-order valence-corrected chi connectivity index (χ3v) is 7.23. The van der Waals surface area contributed by atoms with Gasteiger partial charge in [0.25, 0.3) is 5.91 Å². The lowest BCUT2D eigenvalue weighted by molar-refractivity contribution is -0.120. The summed E-state index contributed by atoms with van der Waals surface area (Å²) in [6, 6.07) is 13.8. The lowest BCUT2D eigenvalue weighted by Crippen LogP contribution is -2.52. The molecule has 0 saturated carbocycles. The van der Waals surface area contributed by atoms with Crippen LogP contribution in [0.3, 0.4) is 0 Å². The van der Waals surface area contributed by atoms with Crippen molar-refractivity contribution in [1.82, 2.24) is 15.1 Å². The van der Waals surface area contributed by atoms with Gasteiger partial charge in [-0.15, -0.1) is 5.10 Å². The molecule has 8 heteroatoms. The molecule has 1 N–H and O–H groups in total. The molecule has 7 nitrogen and oxygen atoms in total. The van der Waals surface area contributed by atoms with Gasteiger partial charge in [-0.05, 0) is 66.5 Å². The fourth-order valence-electron chi connectivity index (χ4n) is 4.50. The van der Waals surface area contributed by atoms with Gasteiger partial charge in [0.05, 0.1) is 11.5 Å². The van der Waals surface area contributed by atoms with Crippen molar-refractivity contribution in [3.63, 3.8) is 0 Å². The Kier molecular flexibility index (Phi) is 6.35. The van der Waals surface area contributed by atoms with Crippen LogP contribution in [-0.2, 0) is 11.2 Å². The SMILES string of the molecule is O=C(Nc1ccc(CC2CCN(C(=O)c3ccsc3)CC2)cc1)C1CN(c2cccnn2)C1. The van der Waals surface area contributed by atoms with Crippen molar-refractivity contribution >= 4 is 34.7 Å². The molecule has 0 radical (unpaired) electrons. The fraction of sp³-hybridized carbons (Fsp3) is 0.360. The summed E-state index contributed by atoms with van der Waals surface area (Å²) in [7, 11) is 0. The highest BCUT2D eigenvalue weighted by Gasteiger charge is 2.33. The molecule has 2 aliphatic heterocycles. The van der Waals surface area contributed by atoms with Gasteiger partial charge in [-0.3, -0.25) is 9.59 Å². The molecule has 2 amide bonds. The van der Waals surface area contributed by atoms with Gasteiger partial charge in [0.1, 0.15) is 0 Å². The molecular formula is C25H27N5O2S. The van der Waals surface area contributed by atoms with Gasteiger partial charge in [0.15, 0.2) is 5.82 Å². The third kappa shape index (κ3) is 5.06. The molecule has 170 valence electrons. The zero-order chi connectivity index (χ0) is 22.6. The molecule has 33 heavy (non-hydrogen) atoms. The van der Waals surface area contributed by atoms with E-state index < -0.39 is 0 Å². The average molecular weight is 462 g/mol. The molecule has 5 rings (SSSR count). The zero-order valence-corrected chi connectivity index (χ0v) is 19.2. The van der Waals surface area contributed by atoms with Crippen LogP contribution < -0.4 is 10.2 Å². The number of likely N-dealkylation sites (tertiary alicyclic amines) is 1. The summed E-state index contributed by atoms with van der Waals surface area (Å²) in [5, 5.41) is 14.9. The van der Waals surface area contributed by atoms with E-state index in [1.54, 1.807) is 17.5 Å². The van der Waals surface area contributed by atoms with Crippen molar-refractivity contribution in [2.45, 2.75) is 19.3 Å². The first kappa shape index (κ1) is 21.6. The van der Waals surface area contributed by atoms with Gasteiger partial charge in [0, 0.05) is 43.4 Å². The maximum Gasteiger partial charge on any atom is 0.254 e. The molecule has 0 aliphatic carbocycles. The van der Waals surface area contributed by atoms with Crippen molar-refractivity contribution in [2.24, 2.45) is 11.8 Å². The molecule has 4 heterocycles. The van der Waals surface area contributed by atoms with E-state index in [2.05, 4.69) is 32.5 Å². The number of piperidine rings is 1. The van der Waals surface area contributed by atoms with Gasteiger partial charge in [-0.25, -0.2) is 0 Å². The summed E-state index contributed by atoms with van der Waals surface area (Å²) in [4.78, 5) is 29.1. The minimum absolute atomic E-state index is 0.0336. The maximum absolute atomic E-state index is 12.5. The Labute approximate surface area is 197 Å². The largest absolute Gasteiger partial charge is 0.353 e. The molecule has 2 aliphatic rings. The van der Waals surface area contributed by atoms with Gasteiger partial charge in [-0.1, -0.05) is 12.1 Å². The molecule has 0 bridgehead atoms. The number of benzene rings is 1. The normalized spacial score (nSPS) is 17.0. The lowest BCUT2D eigenvalue weighted by Gasteiger charge is -2.38. The standard InChI is InChI=1S/C25H27N5O2S/c31-24(21-15-30(16-21)23-2-1-10-26-28-23)27-22-5-3-18(4-6-22)14-19-7-11-29(12-8-19)25(32)20-9-13-33-17-20/h1-6,9-10,13,17,19,21H,7-8,11-12,14-16H2,(H,27,31). The summed E-state index contributed by atoms with van der Waals surface area (Å²) < 4.78 is 0. The van der Waals surface area contributed by atoms with Crippen molar-refractivity contribution in [3.8, 4) is 0 Å². The molecule has 0 unspecified atom stereocenters. The first-order valence-electron chi connectivity index (χ1n) is 11.4. The van der Waals surface area contributed by atoms with Gasteiger partial charge in [-0.2, -0.15) is 16.4 Å². The summed E-state index contributed by atoms with van der Waals surface area (Å²) in [6.07, 6.45) is 4.70. The van der Waals surface area contributed by atoms with E-state index in [4.69, 9.17) is 0 Å². The number of carbonyl (C=O) groups is 2. The Morgan fingerprint density at radius 1 is 1.06 bits per heavy atom. The number of nitrogens with one attached hydrogen (secondary N) is 1. The van der Waals surface area contributed by atoms with Crippen LogP contribution in [0, 0.1) is 11.8 Å². The highest BCUT2D eigenvalue weighted by molar-refractivity contribution is 7.08. The molecular weight excluding hydrogens is 434 g/mol. The lowest BCUT2D eigenvalue weighted by atomic mass is 9.90. The Morgan fingerprint density at radius 2 is 1.85 bits per heavy atom. The predicted octanol–water partition coefficient (Wildman–Crippen LogP) is 3.71. The van der Waals surface area contributed by atoms with Crippen molar-refractivity contribution < 1.29 is 9.59 Å². The Morgan fingerprint density at radius 3 is 2.52 bits per heavy atom. The van der Waals surface area contributed by atoms with Gasteiger partial charge < -0.3 is 15.1 Å². The van der Waals surface area contributed by atoms with Crippen molar-refractivity contribution in [1.29, 1.82) is 0 Å². The van der Waals surface area contributed by atoms with Crippen LogP contribution in [0.2, 0.25) is 0 Å². The highest BCUT2D eigenvalue weighted by atomic mass is 32.1. The summed E-state index contributed by atoms with van der Waals surface area (Å²) in [5.74, 6) is 1.56. The minimum Gasteiger partial charge on any atom is -0.353 e. The van der Waals surface area contributed by atoms with E-state index in [1.807, 2.05) is 46.0 Å². The monoisotopic (exact) mass is 461 g/mol. The van der Waals surface area contributed by atoms with Crippen LogP contribution in [0.5, 0.6) is 0 Å². The average Bonchev–Trinajstić information content (AvgIpc) is 3.35. The number of amides is 2. The van der Waals surface area contributed by atoms with Crippen LogP contribution in [0.1, 0.15) is 28.8 Å². The van der Waals surface area contributed by atoms with E-state index in [9.17, 15) is 9.59 Å². The number of thiophene rings is 1. The number of nitrogens with zero attached hydrogens (tertiary/aromatic N) is 4. The molecule has 1 aromatic carbocycles. The Balaban J connectivity index is 1.06. The van der Waals surface area contributed by atoms with Crippen LogP contribution >= 0.6 is 11.3 Å². The summed E-state index contributed by atoms with van der Waals surface area (Å²) >= 11 is 1.56. The van der Waals surface area contributed by atoms with Gasteiger partial charge in [0.2, 0.25) is 5.91 Å². The minimum atomic E-state index is -0.0336. The van der Waals surface area contributed by atoms with E-state index in [-0.39, 0.29) is 17.7 Å². The first-order valence-corrected chi connectivity index (χ1v) is 12.3. The van der Waals surface area contributed by atoms with Gasteiger partial charge >= 0.3 is 0 Å². The number of carbonyl (C=O) groups excluding carboxylic acids is 2. The number of hydrogen-bond acceptors (Lipinski definition) is 6. The number of hydrogen-bond donors (Lipinski definition) is 1. The molecule has 2 fully saturated rings. The van der Waals surface area contributed by atoms with Crippen LogP contribution in [0.25, 0.3) is 0 Å². The van der Waals surface area contributed by atoms with E-state index in [0.29, 0.717) is 19.0 Å². The van der Waals surface area contributed by atoms with E-state index >= 15 is 0 Å². The predicted molar refractivity (Wildman–Crippen MR) is 129 cm³/mol. The van der Waals surface area contributed by atoms with Crippen molar-refractivity contribution in [3.05, 3.63) is 70.5 Å². The fourth-order valence-corrected chi connectivity index (χ4v) is 5.13. The number of aromatic nitrogens is 2. The quantitative estimate of drug-likeness (QED) is 0.606. The Hall–Kier alpha value is -3.26. The van der Waals surface area contributed by atoms with E-state index in [0.717, 1.165) is 49.4 Å². The Bertz CT molecular complexity index is 1070. The summed E-state index contributed by atoms with van der Waals surface area (Å²) in [6.45, 7) is 2.97. The second-order valence-electron chi connectivity index (χ2n) is 8.82. The van der Waals surface area contributed by atoms with Crippen molar-refractivity contribution in [2.75, 3.05) is 36.4 Å². The molecule has 0 spiro atoms. The van der Waals surface area contributed by atoms with Crippen LogP contribution in [0.4, 0.5) is 11.5 Å². The molecule has 0 atom stereocenters. The number of anilines is 2. The topological polar surface area (TPSA) is 78.4 Å². The highest BCUT2D eigenvalue weighted by Crippen LogP contribution is 2.25. The zero-order valence-electron chi connectivity index (χ0n) is 18.4. The van der Waals surface area contributed by atoms with E-state index in [1.165, 1.54) is 5.56 Å². The smallest absolute Gasteiger partial charge is 0.254 e. The molecule has 2 saturated heterocycles. The maximum atomic E-state index is 12.5. The molecule has 2 aromatic heterocycles. The second kappa shape index (κ2) is 9.70.